The molecule has 1 aromatic heterocycles. The molecule has 1 aliphatic heterocycles. The molecular formula is C25H26N2O2S2. The van der Waals surface area contributed by atoms with E-state index in [1.165, 1.54) is 5.56 Å². The number of benzene rings is 2. The van der Waals surface area contributed by atoms with Crippen LogP contribution in [0.1, 0.15) is 42.1 Å². The van der Waals surface area contributed by atoms with E-state index < -0.39 is 0 Å². The number of amides is 2. The Bertz CT molecular complexity index is 1070. The average molecular weight is 451 g/mol. The molecule has 1 N–H and O–H groups in total. The number of nitrogens with zero attached hydrogens (tertiary/aromatic N) is 1. The third-order valence-electron chi connectivity index (χ3n) is 5.25. The first kappa shape index (κ1) is 21.7. The SMILES string of the molecule is CC(C)(C)c1ccc(N2C(=O)CS[C@@H]2c2cccc(NC(=O)Cc3cccs3)c2)cc1. The summed E-state index contributed by atoms with van der Waals surface area (Å²) in [6.45, 7) is 6.54. The summed E-state index contributed by atoms with van der Waals surface area (Å²) in [5.41, 5.74) is 3.96. The Morgan fingerprint density at radius 2 is 1.87 bits per heavy atom. The molecule has 160 valence electrons. The van der Waals surface area contributed by atoms with E-state index in [9.17, 15) is 9.59 Å². The molecule has 1 saturated heterocycles. The summed E-state index contributed by atoms with van der Waals surface area (Å²) < 4.78 is 0. The van der Waals surface area contributed by atoms with Gasteiger partial charge in [-0.15, -0.1) is 23.1 Å². The number of hydrogen-bond donors (Lipinski definition) is 1. The van der Waals surface area contributed by atoms with Gasteiger partial charge in [0.05, 0.1) is 12.2 Å². The first-order valence-corrected chi connectivity index (χ1v) is 12.2. The summed E-state index contributed by atoms with van der Waals surface area (Å²) in [6, 6.07) is 20.0. The number of thiophene rings is 1. The van der Waals surface area contributed by atoms with Crippen LogP contribution in [-0.4, -0.2) is 17.6 Å². The van der Waals surface area contributed by atoms with E-state index in [0.29, 0.717) is 12.2 Å². The zero-order valence-corrected chi connectivity index (χ0v) is 19.6. The van der Waals surface area contributed by atoms with Crippen molar-refractivity contribution >= 4 is 46.3 Å². The van der Waals surface area contributed by atoms with E-state index in [4.69, 9.17) is 0 Å². The summed E-state index contributed by atoms with van der Waals surface area (Å²) in [5, 5.41) is 4.85. The van der Waals surface area contributed by atoms with Gasteiger partial charge in [0.1, 0.15) is 5.37 Å². The van der Waals surface area contributed by atoms with Crippen LogP contribution in [0.2, 0.25) is 0 Å². The smallest absolute Gasteiger partial charge is 0.238 e. The molecule has 0 aliphatic carbocycles. The van der Waals surface area contributed by atoms with Crippen molar-refractivity contribution in [3.8, 4) is 0 Å². The highest BCUT2D eigenvalue weighted by atomic mass is 32.2. The number of hydrogen-bond acceptors (Lipinski definition) is 4. The first-order chi connectivity index (χ1) is 14.8. The molecule has 0 bridgehead atoms. The zero-order valence-electron chi connectivity index (χ0n) is 17.9. The van der Waals surface area contributed by atoms with Gasteiger partial charge >= 0.3 is 0 Å². The maximum absolute atomic E-state index is 12.7. The van der Waals surface area contributed by atoms with Gasteiger partial charge in [-0.25, -0.2) is 0 Å². The second-order valence-corrected chi connectivity index (χ2v) is 10.8. The highest BCUT2D eigenvalue weighted by Gasteiger charge is 2.34. The number of nitrogens with one attached hydrogen (secondary N) is 1. The predicted octanol–water partition coefficient (Wildman–Crippen LogP) is 6.01. The van der Waals surface area contributed by atoms with Crippen LogP contribution in [0.5, 0.6) is 0 Å². The lowest BCUT2D eigenvalue weighted by Crippen LogP contribution is -2.28. The minimum absolute atomic E-state index is 0.0376. The maximum Gasteiger partial charge on any atom is 0.238 e. The highest BCUT2D eigenvalue weighted by molar-refractivity contribution is 8.00. The quantitative estimate of drug-likeness (QED) is 0.518. The van der Waals surface area contributed by atoms with Crippen LogP contribution in [0.4, 0.5) is 11.4 Å². The third-order valence-corrected chi connectivity index (χ3v) is 7.34. The Balaban J connectivity index is 1.53. The Morgan fingerprint density at radius 3 is 2.55 bits per heavy atom. The number of rotatable bonds is 5. The molecule has 2 heterocycles. The Kier molecular flexibility index (Phi) is 6.21. The Morgan fingerprint density at radius 1 is 1.10 bits per heavy atom. The number of thioether (sulfide) groups is 1. The molecule has 0 saturated carbocycles. The van der Waals surface area contributed by atoms with E-state index in [1.807, 2.05) is 58.8 Å². The lowest BCUT2D eigenvalue weighted by atomic mass is 9.87. The topological polar surface area (TPSA) is 49.4 Å². The van der Waals surface area contributed by atoms with Crippen molar-refractivity contribution < 1.29 is 9.59 Å². The van der Waals surface area contributed by atoms with E-state index in [0.717, 1.165) is 21.8 Å². The van der Waals surface area contributed by atoms with Crippen molar-refractivity contribution in [1.82, 2.24) is 0 Å². The molecule has 2 aromatic carbocycles. The standard InChI is InChI=1S/C25H26N2O2S2/c1-25(2,3)18-9-11-20(12-10-18)27-23(29)16-31-24(27)17-6-4-7-19(14-17)26-22(28)15-21-8-5-13-30-21/h4-14,24H,15-16H2,1-3H3,(H,26,28)/t24-/m1/s1. The fourth-order valence-corrected chi connectivity index (χ4v) is 5.49. The van der Waals surface area contributed by atoms with Crippen LogP contribution < -0.4 is 10.2 Å². The summed E-state index contributed by atoms with van der Waals surface area (Å²) in [4.78, 5) is 28.0. The lowest BCUT2D eigenvalue weighted by molar-refractivity contribution is -0.116. The van der Waals surface area contributed by atoms with Crippen LogP contribution in [0.15, 0.2) is 66.0 Å². The molecule has 1 aliphatic rings. The fourth-order valence-electron chi connectivity index (χ4n) is 3.62. The van der Waals surface area contributed by atoms with Gasteiger partial charge in [-0.2, -0.15) is 0 Å². The van der Waals surface area contributed by atoms with Crippen LogP contribution >= 0.6 is 23.1 Å². The second kappa shape index (κ2) is 8.89. The van der Waals surface area contributed by atoms with Crippen LogP contribution in [0.25, 0.3) is 0 Å². The van der Waals surface area contributed by atoms with Gasteiger partial charge in [0.2, 0.25) is 11.8 Å². The largest absolute Gasteiger partial charge is 0.326 e. The number of carbonyl (C=O) groups is 2. The van der Waals surface area contributed by atoms with Gasteiger partial charge in [0, 0.05) is 16.3 Å². The lowest BCUT2D eigenvalue weighted by Gasteiger charge is -2.26. The molecule has 6 heteroatoms. The molecule has 4 nitrogen and oxygen atoms in total. The molecule has 2 amide bonds. The summed E-state index contributed by atoms with van der Waals surface area (Å²) in [6.07, 6.45) is 0.366. The van der Waals surface area contributed by atoms with Gasteiger partial charge in [0.15, 0.2) is 0 Å². The monoisotopic (exact) mass is 450 g/mol. The highest BCUT2D eigenvalue weighted by Crippen LogP contribution is 2.42. The Hall–Kier alpha value is -2.57. The van der Waals surface area contributed by atoms with Crippen molar-refractivity contribution in [3.05, 3.63) is 82.0 Å². The normalized spacial score (nSPS) is 16.5. The molecule has 0 unspecified atom stereocenters. The Labute approximate surface area is 191 Å². The van der Waals surface area contributed by atoms with E-state index >= 15 is 0 Å². The third kappa shape index (κ3) is 5.02. The van der Waals surface area contributed by atoms with E-state index in [-0.39, 0.29) is 22.6 Å². The van der Waals surface area contributed by atoms with Gasteiger partial charge in [0.25, 0.3) is 0 Å². The van der Waals surface area contributed by atoms with Crippen molar-refractivity contribution in [1.29, 1.82) is 0 Å². The molecule has 1 fully saturated rings. The molecule has 4 rings (SSSR count). The van der Waals surface area contributed by atoms with Crippen molar-refractivity contribution in [2.24, 2.45) is 0 Å². The number of carbonyl (C=O) groups excluding carboxylic acids is 2. The average Bonchev–Trinajstić information content (AvgIpc) is 3.37. The fraction of sp³-hybridized carbons (Fsp3) is 0.280. The summed E-state index contributed by atoms with van der Waals surface area (Å²) >= 11 is 3.19. The number of anilines is 2. The minimum Gasteiger partial charge on any atom is -0.326 e. The van der Waals surface area contributed by atoms with Crippen LogP contribution in [0.3, 0.4) is 0 Å². The van der Waals surface area contributed by atoms with Crippen LogP contribution in [-0.2, 0) is 21.4 Å². The van der Waals surface area contributed by atoms with Crippen LogP contribution in [0, 0.1) is 0 Å². The van der Waals surface area contributed by atoms with Gasteiger partial charge in [-0.1, -0.05) is 51.1 Å². The summed E-state index contributed by atoms with van der Waals surface area (Å²) in [7, 11) is 0. The van der Waals surface area contributed by atoms with Gasteiger partial charge < -0.3 is 5.32 Å². The molecular weight excluding hydrogens is 424 g/mol. The van der Waals surface area contributed by atoms with E-state index in [1.54, 1.807) is 23.1 Å². The minimum atomic E-state index is -0.109. The molecule has 0 spiro atoms. The van der Waals surface area contributed by atoms with Crippen molar-refractivity contribution in [3.63, 3.8) is 0 Å². The van der Waals surface area contributed by atoms with Crippen molar-refractivity contribution in [2.75, 3.05) is 16.0 Å². The first-order valence-electron chi connectivity index (χ1n) is 10.3. The molecule has 3 aromatic rings. The zero-order chi connectivity index (χ0) is 22.0. The summed E-state index contributed by atoms with van der Waals surface area (Å²) in [5.74, 6) is 0.510. The predicted molar refractivity (Wildman–Crippen MR) is 131 cm³/mol. The molecule has 1 atom stereocenters. The van der Waals surface area contributed by atoms with E-state index in [2.05, 4.69) is 38.2 Å². The van der Waals surface area contributed by atoms with Crippen molar-refractivity contribution in [2.45, 2.75) is 38.0 Å². The second-order valence-electron chi connectivity index (χ2n) is 8.65. The molecule has 0 radical (unpaired) electrons. The van der Waals surface area contributed by atoms with Gasteiger partial charge in [-0.3, -0.25) is 14.5 Å². The maximum atomic E-state index is 12.7. The van der Waals surface area contributed by atoms with Gasteiger partial charge in [-0.05, 0) is 52.3 Å². The molecule has 31 heavy (non-hydrogen) atoms.